The normalized spacial score (nSPS) is 14.7. The first-order valence-electron chi connectivity index (χ1n) is 6.97. The molecule has 0 aromatic carbocycles. The summed E-state index contributed by atoms with van der Waals surface area (Å²) < 4.78 is 5.06. The largest absolute Gasteiger partial charge is 0.466 e. The zero-order valence-electron chi connectivity index (χ0n) is 12.2. The maximum atomic E-state index is 11.6. The van der Waals surface area contributed by atoms with Crippen LogP contribution in [-0.2, 0) is 9.53 Å². The van der Waals surface area contributed by atoms with E-state index in [0.29, 0.717) is 12.6 Å². The van der Waals surface area contributed by atoms with Gasteiger partial charge in [-0.1, -0.05) is 27.2 Å². The first-order chi connectivity index (χ1) is 8.06. The van der Waals surface area contributed by atoms with Crippen molar-refractivity contribution in [3.05, 3.63) is 0 Å². The van der Waals surface area contributed by atoms with Gasteiger partial charge in [0.15, 0.2) is 0 Å². The van der Waals surface area contributed by atoms with E-state index >= 15 is 0 Å². The maximum Gasteiger partial charge on any atom is 0.309 e. The van der Waals surface area contributed by atoms with Crippen molar-refractivity contribution in [2.45, 2.75) is 59.9 Å². The van der Waals surface area contributed by atoms with Crippen molar-refractivity contribution in [1.82, 2.24) is 4.90 Å². The second kappa shape index (κ2) is 9.46. The second-order valence-corrected chi connectivity index (χ2v) is 4.76. The zero-order chi connectivity index (χ0) is 13.3. The molecule has 0 aliphatic carbocycles. The van der Waals surface area contributed by atoms with Crippen LogP contribution in [0, 0.1) is 5.92 Å². The minimum Gasteiger partial charge on any atom is -0.466 e. The molecule has 2 atom stereocenters. The van der Waals surface area contributed by atoms with E-state index in [9.17, 15) is 4.79 Å². The van der Waals surface area contributed by atoms with Crippen LogP contribution in [0.15, 0.2) is 0 Å². The molecule has 0 heterocycles. The molecule has 2 unspecified atom stereocenters. The van der Waals surface area contributed by atoms with Gasteiger partial charge in [0, 0.05) is 12.6 Å². The Labute approximate surface area is 107 Å². The van der Waals surface area contributed by atoms with E-state index in [1.807, 2.05) is 13.8 Å². The van der Waals surface area contributed by atoms with E-state index in [-0.39, 0.29) is 11.9 Å². The molecule has 17 heavy (non-hydrogen) atoms. The van der Waals surface area contributed by atoms with Crippen molar-refractivity contribution in [2.75, 3.05) is 19.7 Å². The van der Waals surface area contributed by atoms with Gasteiger partial charge in [-0.05, 0) is 33.2 Å². The second-order valence-electron chi connectivity index (χ2n) is 4.76. The van der Waals surface area contributed by atoms with Gasteiger partial charge in [0.25, 0.3) is 0 Å². The fraction of sp³-hybridized carbons (Fsp3) is 0.929. The Kier molecular flexibility index (Phi) is 9.14. The molecule has 0 aromatic rings. The van der Waals surface area contributed by atoms with Gasteiger partial charge in [-0.3, -0.25) is 9.69 Å². The smallest absolute Gasteiger partial charge is 0.309 e. The van der Waals surface area contributed by atoms with Crippen LogP contribution >= 0.6 is 0 Å². The Balaban J connectivity index is 4.25. The van der Waals surface area contributed by atoms with Gasteiger partial charge in [0.1, 0.15) is 0 Å². The molecule has 0 amide bonds. The number of hydrogen-bond acceptors (Lipinski definition) is 3. The average molecular weight is 243 g/mol. The minimum atomic E-state index is -0.0719. The van der Waals surface area contributed by atoms with Crippen LogP contribution in [0.4, 0.5) is 0 Å². The number of carbonyl (C=O) groups excluding carboxylic acids is 1. The fourth-order valence-electron chi connectivity index (χ4n) is 1.82. The monoisotopic (exact) mass is 243 g/mol. The van der Waals surface area contributed by atoms with Gasteiger partial charge in [-0.25, -0.2) is 0 Å². The fourth-order valence-corrected chi connectivity index (χ4v) is 1.82. The van der Waals surface area contributed by atoms with Gasteiger partial charge in [0.05, 0.1) is 12.5 Å². The highest BCUT2D eigenvalue weighted by Gasteiger charge is 2.20. The minimum absolute atomic E-state index is 0.0270. The van der Waals surface area contributed by atoms with Crippen LogP contribution in [0.3, 0.4) is 0 Å². The summed E-state index contributed by atoms with van der Waals surface area (Å²) in [7, 11) is 0. The number of esters is 1. The van der Waals surface area contributed by atoms with Crippen molar-refractivity contribution in [3.8, 4) is 0 Å². The van der Waals surface area contributed by atoms with E-state index < -0.39 is 0 Å². The predicted molar refractivity (Wildman–Crippen MR) is 72.0 cm³/mol. The molecule has 0 aliphatic rings. The van der Waals surface area contributed by atoms with Crippen molar-refractivity contribution in [2.24, 2.45) is 5.92 Å². The van der Waals surface area contributed by atoms with Crippen molar-refractivity contribution >= 4 is 5.97 Å². The first-order valence-corrected chi connectivity index (χ1v) is 6.97. The molecular formula is C14H29NO2. The van der Waals surface area contributed by atoms with Crippen molar-refractivity contribution in [1.29, 1.82) is 0 Å². The Hall–Kier alpha value is -0.570. The summed E-state index contributed by atoms with van der Waals surface area (Å²) in [6.45, 7) is 12.8. The molecule has 0 aliphatic heterocycles. The van der Waals surface area contributed by atoms with Crippen molar-refractivity contribution in [3.63, 3.8) is 0 Å². The van der Waals surface area contributed by atoms with Gasteiger partial charge in [0.2, 0.25) is 0 Å². The zero-order valence-corrected chi connectivity index (χ0v) is 12.2. The highest BCUT2D eigenvalue weighted by molar-refractivity contribution is 5.72. The third kappa shape index (κ3) is 6.67. The van der Waals surface area contributed by atoms with Crippen LogP contribution in [0.5, 0.6) is 0 Å². The topological polar surface area (TPSA) is 29.5 Å². The molecule has 3 nitrogen and oxygen atoms in total. The van der Waals surface area contributed by atoms with Crippen LogP contribution < -0.4 is 0 Å². The summed E-state index contributed by atoms with van der Waals surface area (Å²) in [6, 6.07) is 0.540. The van der Waals surface area contributed by atoms with E-state index in [2.05, 4.69) is 25.7 Å². The molecule has 0 radical (unpaired) electrons. The predicted octanol–water partition coefficient (Wildman–Crippen LogP) is 3.09. The standard InChI is InChI=1S/C14H29NO2/c1-6-9-10-15(13(5)7-2)11-12(4)14(16)17-8-3/h12-13H,6-11H2,1-5H3. The number of unbranched alkanes of at least 4 members (excludes halogenated alkanes) is 1. The van der Waals surface area contributed by atoms with E-state index in [1.165, 1.54) is 12.8 Å². The van der Waals surface area contributed by atoms with E-state index in [4.69, 9.17) is 4.74 Å². The molecular weight excluding hydrogens is 214 g/mol. The average Bonchev–Trinajstić information content (AvgIpc) is 2.33. The lowest BCUT2D eigenvalue weighted by atomic mass is 10.1. The summed E-state index contributed by atoms with van der Waals surface area (Å²) in [5, 5.41) is 0. The van der Waals surface area contributed by atoms with E-state index in [0.717, 1.165) is 19.5 Å². The first kappa shape index (κ1) is 16.4. The third-order valence-corrected chi connectivity index (χ3v) is 3.21. The van der Waals surface area contributed by atoms with Gasteiger partial charge < -0.3 is 4.74 Å². The summed E-state index contributed by atoms with van der Waals surface area (Å²) in [6.07, 6.45) is 3.51. The Morgan fingerprint density at radius 3 is 2.35 bits per heavy atom. The summed E-state index contributed by atoms with van der Waals surface area (Å²) in [5.74, 6) is -0.0990. The number of rotatable bonds is 9. The summed E-state index contributed by atoms with van der Waals surface area (Å²) >= 11 is 0. The quantitative estimate of drug-likeness (QED) is 0.583. The Morgan fingerprint density at radius 1 is 1.24 bits per heavy atom. The maximum absolute atomic E-state index is 11.6. The van der Waals surface area contributed by atoms with Crippen LogP contribution in [0.1, 0.15) is 53.9 Å². The number of nitrogens with zero attached hydrogens (tertiary/aromatic N) is 1. The highest BCUT2D eigenvalue weighted by Crippen LogP contribution is 2.10. The summed E-state index contributed by atoms with van der Waals surface area (Å²) in [4.78, 5) is 14.0. The molecule has 0 spiro atoms. The van der Waals surface area contributed by atoms with Crippen LogP contribution in [-0.4, -0.2) is 36.6 Å². The SMILES string of the molecule is CCCCN(CC(C)C(=O)OCC)C(C)CC. The number of ether oxygens (including phenoxy) is 1. The molecule has 0 saturated heterocycles. The number of carbonyl (C=O) groups is 1. The Morgan fingerprint density at radius 2 is 1.88 bits per heavy atom. The van der Waals surface area contributed by atoms with Crippen LogP contribution in [0.2, 0.25) is 0 Å². The number of hydrogen-bond donors (Lipinski definition) is 0. The lowest BCUT2D eigenvalue weighted by Crippen LogP contribution is -2.39. The molecule has 102 valence electrons. The highest BCUT2D eigenvalue weighted by atomic mass is 16.5. The van der Waals surface area contributed by atoms with Gasteiger partial charge >= 0.3 is 5.97 Å². The molecule has 0 bridgehead atoms. The molecule has 0 saturated carbocycles. The third-order valence-electron chi connectivity index (χ3n) is 3.21. The van der Waals surface area contributed by atoms with Crippen LogP contribution in [0.25, 0.3) is 0 Å². The lowest BCUT2D eigenvalue weighted by Gasteiger charge is -2.30. The van der Waals surface area contributed by atoms with Gasteiger partial charge in [-0.15, -0.1) is 0 Å². The molecule has 0 rings (SSSR count). The summed E-state index contributed by atoms with van der Waals surface area (Å²) in [5.41, 5.74) is 0. The molecule has 3 heteroatoms. The van der Waals surface area contributed by atoms with E-state index in [1.54, 1.807) is 0 Å². The van der Waals surface area contributed by atoms with Crippen molar-refractivity contribution < 1.29 is 9.53 Å². The molecule has 0 aromatic heterocycles. The lowest BCUT2D eigenvalue weighted by molar-refractivity contribution is -0.148. The van der Waals surface area contributed by atoms with Gasteiger partial charge in [-0.2, -0.15) is 0 Å². The Bertz CT molecular complexity index is 206. The molecule has 0 N–H and O–H groups in total. The molecule has 0 fully saturated rings.